The fourth-order valence-corrected chi connectivity index (χ4v) is 5.19. The highest BCUT2D eigenvalue weighted by molar-refractivity contribution is 7.16. The van der Waals surface area contributed by atoms with Crippen molar-refractivity contribution in [3.63, 3.8) is 0 Å². The molecule has 0 fully saturated rings. The van der Waals surface area contributed by atoms with E-state index in [-0.39, 0.29) is 24.2 Å². The molecule has 0 saturated carbocycles. The van der Waals surface area contributed by atoms with Gasteiger partial charge in [0.1, 0.15) is 5.75 Å². The van der Waals surface area contributed by atoms with Gasteiger partial charge < -0.3 is 14.8 Å². The van der Waals surface area contributed by atoms with E-state index in [9.17, 15) is 14.4 Å². The smallest absolute Gasteiger partial charge is 0.311 e. The fourth-order valence-electron chi connectivity index (χ4n) is 3.45. The van der Waals surface area contributed by atoms with Crippen LogP contribution in [0.1, 0.15) is 45.9 Å². The zero-order valence-corrected chi connectivity index (χ0v) is 19.7. The second kappa shape index (κ2) is 10.1. The maximum Gasteiger partial charge on any atom is 0.311 e. The summed E-state index contributed by atoms with van der Waals surface area (Å²) in [7, 11) is 1.57. The number of fused-ring (bicyclic) bond motifs is 1. The number of nitrogens with zero attached hydrogens (tertiary/aromatic N) is 2. The monoisotopic (exact) mass is 486 g/mol. The average molecular weight is 487 g/mol. The van der Waals surface area contributed by atoms with Gasteiger partial charge in [-0.3, -0.25) is 19.7 Å². The lowest BCUT2D eigenvalue weighted by atomic mass is 10.1. The largest absolute Gasteiger partial charge is 0.497 e. The molecule has 2 N–H and O–H groups in total. The van der Waals surface area contributed by atoms with Crippen molar-refractivity contribution in [3.05, 3.63) is 51.5 Å². The summed E-state index contributed by atoms with van der Waals surface area (Å²) >= 11 is 2.64. The molecule has 1 unspecified atom stereocenters. The van der Waals surface area contributed by atoms with Crippen LogP contribution in [-0.4, -0.2) is 41.5 Å². The molecule has 1 aliphatic rings. The van der Waals surface area contributed by atoms with E-state index in [1.807, 2.05) is 0 Å². The van der Waals surface area contributed by atoms with Crippen LogP contribution in [0.15, 0.2) is 29.6 Å². The number of ether oxygens (including phenoxy) is 2. The van der Waals surface area contributed by atoms with Crippen LogP contribution in [0.4, 0.5) is 10.3 Å². The third-order valence-electron chi connectivity index (χ3n) is 5.02. The van der Waals surface area contributed by atoms with Crippen molar-refractivity contribution in [2.45, 2.75) is 32.1 Å². The number of aromatic nitrogens is 2. The van der Waals surface area contributed by atoms with Gasteiger partial charge >= 0.3 is 5.97 Å². The molecule has 0 bridgehead atoms. The number of thiazole rings is 2. The molecule has 3 aromatic rings. The van der Waals surface area contributed by atoms with Gasteiger partial charge in [-0.1, -0.05) is 0 Å². The Labute approximate surface area is 198 Å². The molecule has 0 aliphatic heterocycles. The second-order valence-corrected chi connectivity index (χ2v) is 9.16. The summed E-state index contributed by atoms with van der Waals surface area (Å²) in [6.07, 6.45) is 1.43. The zero-order chi connectivity index (χ0) is 23.4. The number of rotatable bonds is 8. The quantitative estimate of drug-likeness (QED) is 0.467. The minimum atomic E-state index is -0.416. The van der Waals surface area contributed by atoms with Crippen LogP contribution >= 0.6 is 22.7 Å². The number of aryl methyl sites for hydroxylation is 1. The van der Waals surface area contributed by atoms with E-state index in [0.29, 0.717) is 46.0 Å². The standard InChI is InChI=1S/C22H22N4O5S2/c1-3-31-17(27)10-13-11-32-21(23-13)26-20(29)15-8-9-16-18(15)24-22(33-16)25-19(28)12-4-6-14(30-2)7-5-12/h4-7,11,15H,3,8-10H2,1-2H3,(H,23,26,29)(H,24,25,28). The number of nitrogens with one attached hydrogen (secondary N) is 2. The molecule has 1 aromatic carbocycles. The number of amides is 2. The highest BCUT2D eigenvalue weighted by Crippen LogP contribution is 2.39. The molecular formula is C22H22N4O5S2. The molecule has 2 heterocycles. The third-order valence-corrected chi connectivity index (χ3v) is 6.87. The minimum Gasteiger partial charge on any atom is -0.497 e. The van der Waals surface area contributed by atoms with Crippen molar-refractivity contribution < 1.29 is 23.9 Å². The van der Waals surface area contributed by atoms with Gasteiger partial charge in [-0.05, 0) is 44.0 Å². The highest BCUT2D eigenvalue weighted by Gasteiger charge is 2.33. The lowest BCUT2D eigenvalue weighted by molar-refractivity contribution is -0.142. The Balaban J connectivity index is 1.38. The van der Waals surface area contributed by atoms with Gasteiger partial charge in [0.2, 0.25) is 5.91 Å². The Bertz CT molecular complexity index is 1170. The van der Waals surface area contributed by atoms with Crippen LogP contribution in [-0.2, 0) is 27.2 Å². The molecule has 0 saturated heterocycles. The van der Waals surface area contributed by atoms with Gasteiger partial charge in [0.05, 0.1) is 37.4 Å². The van der Waals surface area contributed by atoms with E-state index in [2.05, 4.69) is 20.6 Å². The topological polar surface area (TPSA) is 120 Å². The molecule has 172 valence electrons. The number of esters is 1. The van der Waals surface area contributed by atoms with Crippen LogP contribution in [0, 0.1) is 0 Å². The first kappa shape index (κ1) is 22.9. The summed E-state index contributed by atoms with van der Waals surface area (Å²) in [6, 6.07) is 6.79. The molecule has 1 aliphatic carbocycles. The summed E-state index contributed by atoms with van der Waals surface area (Å²) in [4.78, 5) is 46.8. The Morgan fingerprint density at radius 1 is 1.12 bits per heavy atom. The van der Waals surface area contributed by atoms with Gasteiger partial charge in [0, 0.05) is 15.8 Å². The normalized spacial score (nSPS) is 14.4. The van der Waals surface area contributed by atoms with Crippen LogP contribution in [0.5, 0.6) is 5.75 Å². The number of benzene rings is 1. The molecule has 1 atom stereocenters. The van der Waals surface area contributed by atoms with E-state index < -0.39 is 5.92 Å². The van der Waals surface area contributed by atoms with Crippen molar-refractivity contribution >= 4 is 50.7 Å². The summed E-state index contributed by atoms with van der Waals surface area (Å²) < 4.78 is 10.0. The summed E-state index contributed by atoms with van der Waals surface area (Å²) in [5.74, 6) is -0.581. The van der Waals surface area contributed by atoms with Gasteiger partial charge in [-0.15, -0.1) is 22.7 Å². The molecule has 11 heteroatoms. The maximum absolute atomic E-state index is 12.9. The minimum absolute atomic E-state index is 0.0666. The SMILES string of the molecule is CCOC(=O)Cc1csc(NC(=O)C2CCc3sc(NC(=O)c4ccc(OC)cc4)nc32)n1. The lowest BCUT2D eigenvalue weighted by Crippen LogP contribution is -2.20. The molecule has 33 heavy (non-hydrogen) atoms. The highest BCUT2D eigenvalue weighted by atomic mass is 32.1. The van der Waals surface area contributed by atoms with E-state index in [4.69, 9.17) is 9.47 Å². The average Bonchev–Trinajstić information content (AvgIpc) is 3.50. The zero-order valence-electron chi connectivity index (χ0n) is 18.0. The summed E-state index contributed by atoms with van der Waals surface area (Å²) in [5.41, 5.74) is 1.73. The summed E-state index contributed by atoms with van der Waals surface area (Å²) in [5, 5.41) is 8.24. The molecule has 9 nitrogen and oxygen atoms in total. The first-order chi connectivity index (χ1) is 16.0. The first-order valence-electron chi connectivity index (χ1n) is 10.3. The molecule has 4 rings (SSSR count). The maximum atomic E-state index is 12.9. The van der Waals surface area contributed by atoms with Crippen LogP contribution < -0.4 is 15.4 Å². The predicted octanol–water partition coefficient (Wildman–Crippen LogP) is 3.63. The van der Waals surface area contributed by atoms with E-state index in [1.165, 1.54) is 22.7 Å². The van der Waals surface area contributed by atoms with Crippen molar-refractivity contribution in [1.82, 2.24) is 9.97 Å². The molecule has 0 radical (unpaired) electrons. The number of hydrogen-bond acceptors (Lipinski definition) is 9. The van der Waals surface area contributed by atoms with Crippen molar-refractivity contribution in [2.75, 3.05) is 24.4 Å². The summed E-state index contributed by atoms with van der Waals surface area (Å²) in [6.45, 7) is 2.06. The fraction of sp³-hybridized carbons (Fsp3) is 0.318. The number of methoxy groups -OCH3 is 1. The van der Waals surface area contributed by atoms with Crippen molar-refractivity contribution in [1.29, 1.82) is 0 Å². The predicted molar refractivity (Wildman–Crippen MR) is 125 cm³/mol. The van der Waals surface area contributed by atoms with Crippen molar-refractivity contribution in [3.8, 4) is 5.75 Å². The number of carbonyl (C=O) groups excluding carboxylic acids is 3. The molecular weight excluding hydrogens is 464 g/mol. The van der Waals surface area contributed by atoms with Gasteiger partial charge in [0.15, 0.2) is 10.3 Å². The third kappa shape index (κ3) is 5.37. The Morgan fingerprint density at radius 2 is 1.91 bits per heavy atom. The Kier molecular flexibility index (Phi) is 6.99. The van der Waals surface area contributed by atoms with Crippen LogP contribution in [0.3, 0.4) is 0 Å². The Hall–Kier alpha value is -3.31. The Morgan fingerprint density at radius 3 is 2.64 bits per heavy atom. The number of anilines is 2. The van der Waals surface area contributed by atoms with Gasteiger partial charge in [-0.25, -0.2) is 9.97 Å². The van der Waals surface area contributed by atoms with Gasteiger partial charge in [-0.2, -0.15) is 0 Å². The number of carbonyl (C=O) groups is 3. The van der Waals surface area contributed by atoms with Crippen LogP contribution in [0.2, 0.25) is 0 Å². The van der Waals surface area contributed by atoms with Crippen molar-refractivity contribution in [2.24, 2.45) is 0 Å². The lowest BCUT2D eigenvalue weighted by Gasteiger charge is -2.08. The number of hydrogen-bond donors (Lipinski definition) is 2. The van der Waals surface area contributed by atoms with Gasteiger partial charge in [0.25, 0.3) is 5.91 Å². The first-order valence-corrected chi connectivity index (χ1v) is 12.0. The molecule has 2 aromatic heterocycles. The van der Waals surface area contributed by atoms with E-state index in [1.54, 1.807) is 43.7 Å². The molecule has 2 amide bonds. The van der Waals surface area contributed by atoms with E-state index in [0.717, 1.165) is 11.3 Å². The van der Waals surface area contributed by atoms with Crippen LogP contribution in [0.25, 0.3) is 0 Å². The van der Waals surface area contributed by atoms with E-state index >= 15 is 0 Å². The molecule has 0 spiro atoms. The second-order valence-electron chi connectivity index (χ2n) is 7.22.